The van der Waals surface area contributed by atoms with Crippen LogP contribution in [0, 0.1) is 0 Å². The van der Waals surface area contributed by atoms with Crippen LogP contribution in [0.15, 0.2) is 29.1 Å². The molecule has 420 valence electrons. The number of esters is 3. The Morgan fingerprint density at radius 3 is 1.96 bits per heavy atom. The third kappa shape index (κ3) is 17.6. The van der Waals surface area contributed by atoms with E-state index in [0.29, 0.717) is 54.4 Å². The van der Waals surface area contributed by atoms with Gasteiger partial charge in [0.05, 0.1) is 35.4 Å². The van der Waals surface area contributed by atoms with Crippen molar-refractivity contribution in [3.8, 4) is 17.1 Å². The summed E-state index contributed by atoms with van der Waals surface area (Å²) < 4.78 is 23.6. The van der Waals surface area contributed by atoms with Crippen molar-refractivity contribution < 1.29 is 52.8 Å². The predicted molar refractivity (Wildman–Crippen MR) is 291 cm³/mol. The molecule has 2 aromatic heterocycles. The fourth-order valence-corrected chi connectivity index (χ4v) is 9.96. The average molecular weight is 1060 g/mol. The number of ether oxygens (including phenoxy) is 4. The molecule has 4 N–H and O–H groups in total. The van der Waals surface area contributed by atoms with Gasteiger partial charge in [-0.2, -0.15) is 0 Å². The number of aromatic nitrogens is 2. The zero-order chi connectivity index (χ0) is 55.6. The van der Waals surface area contributed by atoms with E-state index in [1.165, 1.54) is 64.2 Å². The molecule has 17 heteroatoms. The second-order valence-electron chi connectivity index (χ2n) is 22.6. The number of carbonyl (C=O) groups is 6. The number of hydrogen-bond donors (Lipinski definition) is 4. The minimum absolute atomic E-state index is 0.0270. The first-order chi connectivity index (χ1) is 36.1. The maximum atomic E-state index is 14.1. The van der Waals surface area contributed by atoms with Gasteiger partial charge in [0.1, 0.15) is 35.6 Å². The lowest BCUT2D eigenvalue weighted by Gasteiger charge is -2.31. The Balaban J connectivity index is 1.20. The molecule has 3 atom stereocenters. The lowest BCUT2D eigenvalue weighted by molar-refractivity contribution is -0.172. The van der Waals surface area contributed by atoms with E-state index in [2.05, 4.69) is 22.9 Å². The van der Waals surface area contributed by atoms with Crippen LogP contribution in [0.2, 0.25) is 0 Å². The van der Waals surface area contributed by atoms with Crippen molar-refractivity contribution in [1.82, 2.24) is 25.5 Å². The van der Waals surface area contributed by atoms with Gasteiger partial charge in [-0.3, -0.25) is 19.2 Å². The molecular weight excluding hydrogens is 971 g/mol. The van der Waals surface area contributed by atoms with Crippen molar-refractivity contribution in [3.63, 3.8) is 0 Å². The number of benzene rings is 1. The third-order valence-corrected chi connectivity index (χ3v) is 14.0. The number of fused-ring (bicyclic) bond motifs is 5. The molecule has 0 saturated carbocycles. The molecule has 4 heterocycles. The van der Waals surface area contributed by atoms with Gasteiger partial charge in [0.15, 0.2) is 5.60 Å². The Kier molecular flexibility index (Phi) is 22.9. The molecule has 1 aromatic carbocycles. The number of hydrogen-bond acceptors (Lipinski definition) is 13. The molecule has 3 amide bonds. The summed E-state index contributed by atoms with van der Waals surface area (Å²) in [5.74, 6) is -2.93. The van der Waals surface area contributed by atoms with E-state index in [1.54, 1.807) is 77.3 Å². The van der Waals surface area contributed by atoms with E-state index in [1.807, 2.05) is 6.92 Å². The van der Waals surface area contributed by atoms with Crippen molar-refractivity contribution in [2.45, 2.75) is 246 Å². The Morgan fingerprint density at radius 1 is 0.750 bits per heavy atom. The van der Waals surface area contributed by atoms with Crippen LogP contribution in [0.3, 0.4) is 0 Å². The van der Waals surface area contributed by atoms with Crippen molar-refractivity contribution >= 4 is 46.7 Å². The Hall–Kier alpha value is -5.84. The topological polar surface area (TPSA) is 231 Å². The van der Waals surface area contributed by atoms with Crippen LogP contribution >= 0.6 is 0 Å². The van der Waals surface area contributed by atoms with Gasteiger partial charge >= 0.3 is 24.0 Å². The number of aryl methyl sites for hydroxylation is 1. The smallest absolute Gasteiger partial charge is 0.407 e. The first kappa shape index (κ1) is 61.0. The standard InChI is InChI=1S/C59H87N5O12/c1-10-13-14-15-16-17-18-19-20-21-22-23-24-25-29-47(54(69)75-57(4,5)6)63-52(67)46(28-26-27-34-60-56(71)76-58(7,8)9)61-49(65)32-33-50(66)74-39-30-31-45-41(35-39)40(11-2)42-37-64-48(51(42)62-45)36-44-43(53(64)68)38-73-55(70)59(44,72)12-3/h30-31,35-36,46-47,72H,10-29,32-34,37-38H2,1-9H3,(H,60,71)(H,61,65)(H,63,67)/t46?,47?,59-/m0/s1. The molecule has 0 aliphatic carbocycles. The largest absolute Gasteiger partial charge is 0.458 e. The third-order valence-electron chi connectivity index (χ3n) is 14.0. The van der Waals surface area contributed by atoms with Gasteiger partial charge < -0.3 is 44.6 Å². The monoisotopic (exact) mass is 1060 g/mol. The summed E-state index contributed by atoms with van der Waals surface area (Å²) in [6.07, 6.45) is 17.5. The fourth-order valence-electron chi connectivity index (χ4n) is 9.96. The second-order valence-corrected chi connectivity index (χ2v) is 22.6. The van der Waals surface area contributed by atoms with E-state index < -0.39 is 64.7 Å². The van der Waals surface area contributed by atoms with E-state index in [4.69, 9.17) is 23.9 Å². The summed E-state index contributed by atoms with van der Waals surface area (Å²) in [6, 6.07) is 4.68. The SMILES string of the molecule is CCCCCCCCCCCCCCCCC(NC(=O)C(CCCCNC(=O)OC(C)(C)C)NC(=O)CCC(=O)Oc1ccc2nc3c(c(CC)c2c1)Cn1c-3cc2c(c1=O)COC(=O)[C@]2(O)CC)C(=O)OC(C)(C)C. The van der Waals surface area contributed by atoms with Crippen LogP contribution in [-0.4, -0.2) is 80.3 Å². The van der Waals surface area contributed by atoms with Gasteiger partial charge in [-0.15, -0.1) is 0 Å². The quantitative estimate of drug-likeness (QED) is 0.0165. The van der Waals surface area contributed by atoms with Crippen molar-refractivity contribution in [2.24, 2.45) is 0 Å². The van der Waals surface area contributed by atoms with Crippen LogP contribution in [0.25, 0.3) is 22.3 Å². The van der Waals surface area contributed by atoms with Gasteiger partial charge in [0.25, 0.3) is 5.56 Å². The summed E-state index contributed by atoms with van der Waals surface area (Å²) in [6.45, 7) is 16.7. The normalized spacial score (nSPS) is 15.7. The van der Waals surface area contributed by atoms with E-state index in [-0.39, 0.29) is 67.8 Å². The van der Waals surface area contributed by atoms with Crippen LogP contribution in [0.5, 0.6) is 5.75 Å². The minimum atomic E-state index is -1.95. The van der Waals surface area contributed by atoms with Gasteiger partial charge in [-0.05, 0) is 110 Å². The molecule has 0 bridgehead atoms. The zero-order valence-corrected chi connectivity index (χ0v) is 47.0. The number of unbranched alkanes of at least 4 members (excludes halogenated alkanes) is 14. The van der Waals surface area contributed by atoms with E-state index in [9.17, 15) is 38.7 Å². The molecule has 2 aliphatic rings. The van der Waals surface area contributed by atoms with Crippen LogP contribution in [0.1, 0.15) is 219 Å². The molecule has 2 aliphatic heterocycles. The van der Waals surface area contributed by atoms with Crippen molar-refractivity contribution in [2.75, 3.05) is 6.54 Å². The lowest BCUT2D eigenvalue weighted by atomic mass is 9.86. The number of alkyl carbamates (subject to hydrolysis) is 1. The van der Waals surface area contributed by atoms with Gasteiger partial charge in [-0.25, -0.2) is 19.4 Å². The average Bonchev–Trinajstić information content (AvgIpc) is 3.75. The number of aliphatic hydroxyl groups is 1. The Labute approximate surface area is 449 Å². The van der Waals surface area contributed by atoms with Crippen LogP contribution in [0.4, 0.5) is 4.79 Å². The van der Waals surface area contributed by atoms with Crippen LogP contribution in [-0.2, 0) is 63.4 Å². The molecule has 17 nitrogen and oxygen atoms in total. The molecule has 0 radical (unpaired) electrons. The number of cyclic esters (lactones) is 1. The molecule has 76 heavy (non-hydrogen) atoms. The van der Waals surface area contributed by atoms with Gasteiger partial charge in [0.2, 0.25) is 11.8 Å². The first-order valence-corrected chi connectivity index (χ1v) is 28.2. The molecule has 0 fully saturated rings. The highest BCUT2D eigenvalue weighted by molar-refractivity contribution is 5.93. The zero-order valence-electron chi connectivity index (χ0n) is 47.0. The first-order valence-electron chi connectivity index (χ1n) is 28.2. The highest BCUT2D eigenvalue weighted by Gasteiger charge is 2.45. The van der Waals surface area contributed by atoms with Gasteiger partial charge in [0, 0.05) is 29.5 Å². The Bertz CT molecular complexity index is 2560. The van der Waals surface area contributed by atoms with Crippen molar-refractivity contribution in [3.05, 3.63) is 56.9 Å². The summed E-state index contributed by atoms with van der Waals surface area (Å²) >= 11 is 0. The summed E-state index contributed by atoms with van der Waals surface area (Å²) in [7, 11) is 0. The molecule has 0 saturated heterocycles. The molecule has 0 spiro atoms. The number of pyridine rings is 2. The van der Waals surface area contributed by atoms with Gasteiger partial charge in [-0.1, -0.05) is 111 Å². The summed E-state index contributed by atoms with van der Waals surface area (Å²) in [4.78, 5) is 98.1. The molecule has 3 aromatic rings. The molecular formula is C59H87N5O12. The maximum Gasteiger partial charge on any atom is 0.407 e. The van der Waals surface area contributed by atoms with E-state index in [0.717, 1.165) is 30.4 Å². The second kappa shape index (κ2) is 28.5. The number of rotatable bonds is 30. The summed E-state index contributed by atoms with van der Waals surface area (Å²) in [5, 5.41) is 20.4. The number of amides is 3. The number of nitrogens with zero attached hydrogens (tertiary/aromatic N) is 2. The highest BCUT2D eigenvalue weighted by atomic mass is 16.6. The summed E-state index contributed by atoms with van der Waals surface area (Å²) in [5.41, 5.74) is -0.00474. The predicted octanol–water partition coefficient (Wildman–Crippen LogP) is 10.2. The van der Waals surface area contributed by atoms with Crippen LogP contribution < -0.4 is 26.2 Å². The van der Waals surface area contributed by atoms with Crippen molar-refractivity contribution in [1.29, 1.82) is 0 Å². The lowest BCUT2D eigenvalue weighted by Crippen LogP contribution is -2.52. The maximum absolute atomic E-state index is 14.1. The number of carbonyl (C=O) groups excluding carboxylic acids is 6. The van der Waals surface area contributed by atoms with E-state index >= 15 is 0 Å². The minimum Gasteiger partial charge on any atom is -0.458 e. The molecule has 5 rings (SSSR count). The Morgan fingerprint density at radius 2 is 1.36 bits per heavy atom. The molecule has 2 unspecified atom stereocenters. The number of nitrogens with one attached hydrogen (secondary N) is 3. The highest BCUT2D eigenvalue weighted by Crippen LogP contribution is 2.41. The fraction of sp³-hybridized carbons (Fsp3) is 0.661.